The van der Waals surface area contributed by atoms with Crippen LogP contribution >= 0.6 is 0 Å². The van der Waals surface area contributed by atoms with Crippen molar-refractivity contribution in [2.75, 3.05) is 51.8 Å². The fraction of sp³-hybridized carbons (Fsp3) is 0.370. The van der Waals surface area contributed by atoms with Gasteiger partial charge in [0.25, 0.3) is 5.91 Å². The molecule has 0 radical (unpaired) electrons. The first-order valence-corrected chi connectivity index (χ1v) is 12.0. The van der Waals surface area contributed by atoms with Gasteiger partial charge in [-0.3, -0.25) is 9.69 Å². The lowest BCUT2D eigenvalue weighted by Gasteiger charge is -2.36. The zero-order valence-corrected chi connectivity index (χ0v) is 19.9. The molecule has 0 aliphatic carbocycles. The highest BCUT2D eigenvalue weighted by Crippen LogP contribution is 2.27. The van der Waals surface area contributed by atoms with E-state index in [1.165, 1.54) is 35.0 Å². The highest BCUT2D eigenvalue weighted by molar-refractivity contribution is 5.96. The van der Waals surface area contributed by atoms with Crippen molar-refractivity contribution in [2.45, 2.75) is 19.3 Å². The van der Waals surface area contributed by atoms with Gasteiger partial charge in [-0.05, 0) is 73.8 Å². The Balaban J connectivity index is 1.10. The smallest absolute Gasteiger partial charge is 0.286 e. The number of nitrogens with zero attached hydrogens (tertiary/aromatic N) is 2. The average Bonchev–Trinajstić information content (AvgIpc) is 3.49. The van der Waals surface area contributed by atoms with E-state index >= 15 is 0 Å². The molecule has 1 saturated heterocycles. The number of aryl methyl sites for hydroxylation is 1. The van der Waals surface area contributed by atoms with Gasteiger partial charge in [-0.25, -0.2) is 0 Å². The number of ether oxygens (including phenoxy) is 1. The number of furan rings is 1. The van der Waals surface area contributed by atoms with Gasteiger partial charge in [0.15, 0.2) is 5.76 Å². The third-order valence-corrected chi connectivity index (χ3v) is 6.83. The highest BCUT2D eigenvalue weighted by atomic mass is 16.5. The van der Waals surface area contributed by atoms with Crippen LogP contribution in [0.4, 0.5) is 5.69 Å². The second-order valence-corrected chi connectivity index (χ2v) is 8.92. The SMILES string of the molecule is CNC(=O)c1cc2cc(N3CCN(CCCCc4c[nH]c5ccc(OC)cc45)CC3)ccc2o1. The molecule has 1 amide bonds. The van der Waals surface area contributed by atoms with Crippen LogP contribution in [0.25, 0.3) is 21.9 Å². The van der Waals surface area contributed by atoms with Crippen LogP contribution < -0.4 is 15.0 Å². The minimum Gasteiger partial charge on any atom is -0.497 e. The molecule has 4 aromatic rings. The van der Waals surface area contributed by atoms with Crippen molar-refractivity contribution in [3.8, 4) is 5.75 Å². The maximum Gasteiger partial charge on any atom is 0.286 e. The number of amides is 1. The second kappa shape index (κ2) is 9.81. The summed E-state index contributed by atoms with van der Waals surface area (Å²) in [7, 11) is 3.33. The van der Waals surface area contributed by atoms with Gasteiger partial charge < -0.3 is 24.4 Å². The largest absolute Gasteiger partial charge is 0.497 e. The van der Waals surface area contributed by atoms with Crippen molar-refractivity contribution in [3.63, 3.8) is 0 Å². The fourth-order valence-electron chi connectivity index (χ4n) is 4.83. The maximum atomic E-state index is 11.8. The zero-order chi connectivity index (χ0) is 23.5. The van der Waals surface area contributed by atoms with Gasteiger partial charge in [0.1, 0.15) is 11.3 Å². The molecular weight excluding hydrogens is 428 g/mol. The first-order chi connectivity index (χ1) is 16.6. The maximum absolute atomic E-state index is 11.8. The van der Waals surface area contributed by atoms with E-state index in [2.05, 4.69) is 50.6 Å². The van der Waals surface area contributed by atoms with Crippen molar-refractivity contribution in [3.05, 3.63) is 60.0 Å². The molecule has 0 atom stereocenters. The molecule has 178 valence electrons. The molecule has 5 rings (SSSR count). The number of benzene rings is 2. The number of piperazine rings is 1. The number of hydrogen-bond donors (Lipinski definition) is 2. The summed E-state index contributed by atoms with van der Waals surface area (Å²) >= 11 is 0. The molecule has 0 bridgehead atoms. The van der Waals surface area contributed by atoms with E-state index < -0.39 is 0 Å². The predicted octanol–water partition coefficient (Wildman–Crippen LogP) is 4.43. The molecule has 2 aromatic heterocycles. The van der Waals surface area contributed by atoms with Crippen LogP contribution in [-0.2, 0) is 6.42 Å². The van der Waals surface area contributed by atoms with E-state index in [9.17, 15) is 4.79 Å². The predicted molar refractivity (Wildman–Crippen MR) is 136 cm³/mol. The molecule has 3 heterocycles. The Morgan fingerprint density at radius 2 is 1.94 bits per heavy atom. The Labute approximate surface area is 199 Å². The Morgan fingerprint density at radius 1 is 1.09 bits per heavy atom. The van der Waals surface area contributed by atoms with Crippen LogP contribution in [-0.4, -0.2) is 62.7 Å². The Morgan fingerprint density at radius 3 is 2.74 bits per heavy atom. The summed E-state index contributed by atoms with van der Waals surface area (Å²) in [6.45, 7) is 5.28. The first-order valence-electron chi connectivity index (χ1n) is 12.0. The number of aromatic amines is 1. The number of aromatic nitrogens is 1. The number of methoxy groups -OCH3 is 1. The van der Waals surface area contributed by atoms with Crippen LogP contribution in [0.3, 0.4) is 0 Å². The second-order valence-electron chi connectivity index (χ2n) is 8.92. The molecule has 1 aliphatic heterocycles. The van der Waals surface area contributed by atoms with E-state index in [0.717, 1.165) is 55.9 Å². The van der Waals surface area contributed by atoms with E-state index in [-0.39, 0.29) is 5.91 Å². The van der Waals surface area contributed by atoms with Crippen molar-refractivity contribution in [1.82, 2.24) is 15.2 Å². The number of carbonyl (C=O) groups excluding carboxylic acids is 1. The van der Waals surface area contributed by atoms with Crippen molar-refractivity contribution in [2.24, 2.45) is 0 Å². The molecule has 2 N–H and O–H groups in total. The number of unbranched alkanes of at least 4 members (excludes halogenated alkanes) is 1. The molecule has 0 spiro atoms. The number of anilines is 1. The molecule has 34 heavy (non-hydrogen) atoms. The summed E-state index contributed by atoms with van der Waals surface area (Å²) in [4.78, 5) is 20.2. The summed E-state index contributed by atoms with van der Waals surface area (Å²) in [5, 5.41) is 4.85. The molecule has 2 aromatic carbocycles. The number of hydrogen-bond acceptors (Lipinski definition) is 5. The lowest BCUT2D eigenvalue weighted by atomic mass is 10.1. The molecule has 7 nitrogen and oxygen atoms in total. The normalized spacial score (nSPS) is 14.7. The lowest BCUT2D eigenvalue weighted by Crippen LogP contribution is -2.46. The number of H-pyrrole nitrogens is 1. The van der Waals surface area contributed by atoms with Crippen molar-refractivity contribution in [1.29, 1.82) is 0 Å². The van der Waals surface area contributed by atoms with Crippen LogP contribution in [0.1, 0.15) is 29.0 Å². The monoisotopic (exact) mass is 460 g/mol. The molecule has 7 heteroatoms. The van der Waals surface area contributed by atoms with E-state index in [1.807, 2.05) is 18.2 Å². The first kappa shape index (κ1) is 22.3. The molecule has 1 fully saturated rings. The van der Waals surface area contributed by atoms with Gasteiger partial charge in [-0.2, -0.15) is 0 Å². The molecule has 1 aliphatic rings. The quantitative estimate of drug-likeness (QED) is 0.381. The standard InChI is InChI=1S/C27H32N4O3/c1-28-27(32)26-16-20-15-21(6-9-25(20)34-26)31-13-11-30(12-14-31)10-4-3-5-19-18-29-24-8-7-22(33-2)17-23(19)24/h6-9,15-18,29H,3-5,10-14H2,1-2H3,(H,28,32). The minimum absolute atomic E-state index is 0.198. The summed E-state index contributed by atoms with van der Waals surface area (Å²) in [5.74, 6) is 1.06. The number of carbonyl (C=O) groups is 1. The van der Waals surface area contributed by atoms with Gasteiger partial charge >= 0.3 is 0 Å². The molecule has 0 unspecified atom stereocenters. The Kier molecular flexibility index (Phi) is 6.45. The van der Waals surface area contributed by atoms with Crippen LogP contribution in [0.15, 0.2) is 53.1 Å². The number of nitrogens with one attached hydrogen (secondary N) is 2. The lowest BCUT2D eigenvalue weighted by molar-refractivity contribution is 0.0938. The van der Waals surface area contributed by atoms with Gasteiger partial charge in [0, 0.05) is 61.4 Å². The van der Waals surface area contributed by atoms with Crippen LogP contribution in [0, 0.1) is 0 Å². The molecule has 0 saturated carbocycles. The summed E-state index contributed by atoms with van der Waals surface area (Å²) in [6, 6.07) is 14.2. The van der Waals surface area contributed by atoms with Gasteiger partial charge in [-0.15, -0.1) is 0 Å². The van der Waals surface area contributed by atoms with Crippen LogP contribution in [0.5, 0.6) is 5.75 Å². The molecular formula is C27H32N4O3. The Bertz CT molecular complexity index is 1280. The highest BCUT2D eigenvalue weighted by Gasteiger charge is 2.18. The summed E-state index contributed by atoms with van der Waals surface area (Å²) in [5.41, 5.74) is 4.47. The number of fused-ring (bicyclic) bond motifs is 2. The number of rotatable bonds is 8. The van der Waals surface area contributed by atoms with Gasteiger partial charge in [-0.1, -0.05) is 0 Å². The van der Waals surface area contributed by atoms with E-state index in [0.29, 0.717) is 5.76 Å². The van der Waals surface area contributed by atoms with Crippen molar-refractivity contribution < 1.29 is 13.9 Å². The van der Waals surface area contributed by atoms with Crippen LogP contribution in [0.2, 0.25) is 0 Å². The van der Waals surface area contributed by atoms with Gasteiger partial charge in [0.2, 0.25) is 0 Å². The third-order valence-electron chi connectivity index (χ3n) is 6.83. The minimum atomic E-state index is -0.198. The Hall–Kier alpha value is -3.45. The summed E-state index contributed by atoms with van der Waals surface area (Å²) in [6.07, 6.45) is 5.59. The van der Waals surface area contributed by atoms with Gasteiger partial charge in [0.05, 0.1) is 7.11 Å². The third kappa shape index (κ3) is 4.61. The summed E-state index contributed by atoms with van der Waals surface area (Å²) < 4.78 is 11.0. The topological polar surface area (TPSA) is 73.7 Å². The van der Waals surface area contributed by atoms with Crippen molar-refractivity contribution >= 4 is 33.5 Å². The van der Waals surface area contributed by atoms with E-state index in [4.69, 9.17) is 9.15 Å². The fourth-order valence-corrected chi connectivity index (χ4v) is 4.83. The van der Waals surface area contributed by atoms with E-state index in [1.54, 1.807) is 14.2 Å². The zero-order valence-electron chi connectivity index (χ0n) is 19.9. The average molecular weight is 461 g/mol.